The van der Waals surface area contributed by atoms with Gasteiger partial charge in [-0.15, -0.1) is 0 Å². The highest BCUT2D eigenvalue weighted by atomic mass is 32.1. The fraction of sp³-hybridized carbons (Fsp3) is 0.278. The Hall–Kier alpha value is -2.34. The van der Waals surface area contributed by atoms with Crippen LogP contribution in [0.2, 0.25) is 0 Å². The topological polar surface area (TPSA) is 55.7 Å². The molecule has 24 heavy (non-hydrogen) atoms. The third-order valence-corrected chi connectivity index (χ3v) is 4.64. The lowest BCUT2D eigenvalue weighted by atomic mass is 9.98. The predicted molar refractivity (Wildman–Crippen MR) is 94.6 cm³/mol. The van der Waals surface area contributed by atoms with Gasteiger partial charge in [0.25, 0.3) is 0 Å². The zero-order valence-corrected chi connectivity index (χ0v) is 13.9. The molecule has 4 nitrogen and oxygen atoms in total. The molecule has 0 atom stereocenters. The van der Waals surface area contributed by atoms with Crippen LogP contribution in [-0.4, -0.2) is 33.3 Å². The van der Waals surface area contributed by atoms with Gasteiger partial charge in [-0.1, -0.05) is 18.2 Å². The van der Waals surface area contributed by atoms with Crippen LogP contribution >= 0.6 is 12.2 Å². The third kappa shape index (κ3) is 3.59. The number of fused-ring (bicyclic) bond motifs is 1. The Bertz CT molecular complexity index is 749. The van der Waals surface area contributed by atoms with E-state index in [-0.39, 0.29) is 17.3 Å². The van der Waals surface area contributed by atoms with Crippen molar-refractivity contribution in [2.45, 2.75) is 19.4 Å². The molecule has 0 unspecified atom stereocenters. The summed E-state index contributed by atoms with van der Waals surface area (Å²) < 4.78 is 12.9. The van der Waals surface area contributed by atoms with Crippen LogP contribution in [0, 0.1) is 5.82 Å². The molecule has 3 rings (SSSR count). The Labute approximate surface area is 145 Å². The number of nitrogens with zero attached hydrogens (tertiary/aromatic N) is 1. The first kappa shape index (κ1) is 16.5. The van der Waals surface area contributed by atoms with Crippen LogP contribution in [0.4, 0.5) is 4.39 Å². The Morgan fingerprint density at radius 1 is 1.17 bits per heavy atom. The van der Waals surface area contributed by atoms with Crippen molar-refractivity contribution < 1.29 is 14.6 Å². The smallest absolute Gasteiger partial charge is 0.169 e. The molecule has 0 radical (unpaired) electrons. The second-order valence-electron chi connectivity index (χ2n) is 5.85. The summed E-state index contributed by atoms with van der Waals surface area (Å²) in [5.74, 6) is -0.340. The summed E-state index contributed by atoms with van der Waals surface area (Å²) in [6.07, 6.45) is 1.40. The second-order valence-corrected chi connectivity index (χ2v) is 6.24. The number of phenols is 2. The van der Waals surface area contributed by atoms with Crippen LogP contribution in [0.5, 0.6) is 11.5 Å². The fourth-order valence-electron chi connectivity index (χ4n) is 2.87. The number of aromatic hydroxyl groups is 2. The minimum Gasteiger partial charge on any atom is -0.504 e. The molecule has 1 heterocycles. The summed E-state index contributed by atoms with van der Waals surface area (Å²) in [7, 11) is 0. The van der Waals surface area contributed by atoms with Crippen LogP contribution < -0.4 is 5.32 Å². The standard InChI is InChI=1S/C18H19FN2O2S/c19-14-4-1-12(2-5-14)7-9-20-18(24)21-10-8-15-13(11-21)3-6-16(22)17(15)23/h1-6,22-23H,7-11H2,(H,20,24). The molecule has 0 fully saturated rings. The molecule has 6 heteroatoms. The van der Waals surface area contributed by atoms with Crippen molar-refractivity contribution in [2.24, 2.45) is 0 Å². The minimum atomic E-state index is -0.233. The number of nitrogens with one attached hydrogen (secondary N) is 1. The van der Waals surface area contributed by atoms with Crippen molar-refractivity contribution in [2.75, 3.05) is 13.1 Å². The lowest BCUT2D eigenvalue weighted by Crippen LogP contribution is -2.43. The maximum absolute atomic E-state index is 12.9. The van der Waals surface area contributed by atoms with Gasteiger partial charge in [-0.2, -0.15) is 0 Å². The molecular formula is C18H19FN2O2S. The Kier molecular flexibility index (Phi) is 4.85. The summed E-state index contributed by atoms with van der Waals surface area (Å²) in [4.78, 5) is 2.04. The Balaban J connectivity index is 1.54. The van der Waals surface area contributed by atoms with E-state index in [1.165, 1.54) is 18.2 Å². The highest BCUT2D eigenvalue weighted by Gasteiger charge is 2.22. The first-order chi connectivity index (χ1) is 11.5. The first-order valence-electron chi connectivity index (χ1n) is 7.84. The van der Waals surface area contributed by atoms with Gasteiger partial charge in [0, 0.05) is 25.2 Å². The molecule has 0 spiro atoms. The first-order valence-corrected chi connectivity index (χ1v) is 8.25. The van der Waals surface area contributed by atoms with Crippen LogP contribution in [0.1, 0.15) is 16.7 Å². The van der Waals surface area contributed by atoms with E-state index in [1.807, 2.05) is 11.0 Å². The zero-order valence-electron chi connectivity index (χ0n) is 13.1. The van der Waals surface area contributed by atoms with Crippen LogP contribution in [0.15, 0.2) is 36.4 Å². The molecule has 0 saturated carbocycles. The highest BCUT2D eigenvalue weighted by Crippen LogP contribution is 2.34. The quantitative estimate of drug-likeness (QED) is 0.589. The van der Waals surface area contributed by atoms with E-state index >= 15 is 0 Å². The average molecular weight is 346 g/mol. The third-order valence-electron chi connectivity index (χ3n) is 4.24. The van der Waals surface area contributed by atoms with E-state index < -0.39 is 0 Å². The molecule has 0 amide bonds. The van der Waals surface area contributed by atoms with Crippen molar-refractivity contribution in [3.05, 3.63) is 58.9 Å². The molecule has 0 aliphatic carbocycles. The normalized spacial score (nSPS) is 13.5. The van der Waals surface area contributed by atoms with E-state index in [4.69, 9.17) is 12.2 Å². The fourth-order valence-corrected chi connectivity index (χ4v) is 3.13. The Morgan fingerprint density at radius 3 is 2.67 bits per heavy atom. The molecule has 1 aliphatic heterocycles. The summed E-state index contributed by atoms with van der Waals surface area (Å²) >= 11 is 5.44. The van der Waals surface area contributed by atoms with Gasteiger partial charge in [-0.25, -0.2) is 4.39 Å². The van der Waals surface area contributed by atoms with Gasteiger partial charge in [0.2, 0.25) is 0 Å². The van der Waals surface area contributed by atoms with Crippen LogP contribution in [0.3, 0.4) is 0 Å². The SMILES string of the molecule is Oc1ccc2c(c1O)CCN(C(=S)NCCc1ccc(F)cc1)C2. The maximum atomic E-state index is 12.9. The van der Waals surface area contributed by atoms with Gasteiger partial charge >= 0.3 is 0 Å². The van der Waals surface area contributed by atoms with Gasteiger partial charge in [0.15, 0.2) is 16.6 Å². The van der Waals surface area contributed by atoms with E-state index in [1.54, 1.807) is 12.1 Å². The largest absolute Gasteiger partial charge is 0.504 e. The van der Waals surface area contributed by atoms with Crippen LogP contribution in [-0.2, 0) is 19.4 Å². The van der Waals surface area contributed by atoms with Crippen molar-refractivity contribution in [1.82, 2.24) is 10.2 Å². The van der Waals surface area contributed by atoms with Gasteiger partial charge < -0.3 is 20.4 Å². The monoisotopic (exact) mass is 346 g/mol. The molecule has 126 valence electrons. The zero-order chi connectivity index (χ0) is 17.1. The average Bonchev–Trinajstić information content (AvgIpc) is 2.59. The van der Waals surface area contributed by atoms with Crippen molar-refractivity contribution >= 4 is 17.3 Å². The van der Waals surface area contributed by atoms with Gasteiger partial charge in [0.05, 0.1) is 0 Å². The number of rotatable bonds is 3. The summed E-state index contributed by atoms with van der Waals surface area (Å²) in [6, 6.07) is 9.77. The minimum absolute atomic E-state index is 0.0256. The number of phenolic OH excluding ortho intramolecular Hbond substituents is 2. The van der Waals surface area contributed by atoms with E-state index in [2.05, 4.69) is 5.32 Å². The van der Waals surface area contributed by atoms with Crippen LogP contribution in [0.25, 0.3) is 0 Å². The van der Waals surface area contributed by atoms with E-state index in [0.29, 0.717) is 31.2 Å². The molecule has 2 aromatic rings. The summed E-state index contributed by atoms with van der Waals surface area (Å²) in [5.41, 5.74) is 2.82. The molecule has 2 aromatic carbocycles. The molecule has 3 N–H and O–H groups in total. The molecule has 0 saturated heterocycles. The predicted octanol–water partition coefficient (Wildman–Crippen LogP) is 2.71. The summed E-state index contributed by atoms with van der Waals surface area (Å²) in [5, 5.41) is 23.4. The van der Waals surface area contributed by atoms with Crippen molar-refractivity contribution in [3.8, 4) is 11.5 Å². The van der Waals surface area contributed by atoms with Crippen molar-refractivity contribution in [1.29, 1.82) is 0 Å². The number of hydrogen-bond acceptors (Lipinski definition) is 3. The second kappa shape index (κ2) is 7.05. The van der Waals surface area contributed by atoms with Gasteiger partial charge in [-0.05, 0) is 54.4 Å². The van der Waals surface area contributed by atoms with E-state index in [9.17, 15) is 14.6 Å². The maximum Gasteiger partial charge on any atom is 0.169 e. The lowest BCUT2D eigenvalue weighted by Gasteiger charge is -2.31. The molecular weight excluding hydrogens is 327 g/mol. The number of benzene rings is 2. The number of thiocarbonyl (C=S) groups is 1. The molecule has 0 bridgehead atoms. The molecule has 0 aromatic heterocycles. The highest BCUT2D eigenvalue weighted by molar-refractivity contribution is 7.80. The van der Waals surface area contributed by atoms with Crippen molar-refractivity contribution in [3.63, 3.8) is 0 Å². The summed E-state index contributed by atoms with van der Waals surface area (Å²) in [6.45, 7) is 1.96. The van der Waals surface area contributed by atoms with Gasteiger partial charge in [-0.3, -0.25) is 0 Å². The van der Waals surface area contributed by atoms with E-state index in [0.717, 1.165) is 23.1 Å². The lowest BCUT2D eigenvalue weighted by molar-refractivity contribution is 0.363. The molecule has 1 aliphatic rings. The Morgan fingerprint density at radius 2 is 1.92 bits per heavy atom. The number of halogens is 1. The number of hydrogen-bond donors (Lipinski definition) is 3. The van der Waals surface area contributed by atoms with Gasteiger partial charge in [0.1, 0.15) is 5.82 Å².